The van der Waals surface area contributed by atoms with Gasteiger partial charge in [0.25, 0.3) is 0 Å². The van der Waals surface area contributed by atoms with Crippen molar-refractivity contribution in [3.8, 4) is 0 Å². The summed E-state index contributed by atoms with van der Waals surface area (Å²) in [6.07, 6.45) is 0. The second-order valence-electron chi connectivity index (χ2n) is 0.629. The van der Waals surface area contributed by atoms with Crippen molar-refractivity contribution in [3.05, 3.63) is 0 Å². The smallest absolute Gasteiger partial charge is 0.402 e. The Morgan fingerprint density at radius 1 is 1.12 bits per heavy atom. The summed E-state index contributed by atoms with van der Waals surface area (Å²) in [7, 11) is -5.30. The van der Waals surface area contributed by atoms with Gasteiger partial charge in [0.1, 0.15) is 0 Å². The predicted molar refractivity (Wildman–Crippen MR) is 25.8 cm³/mol. The molecule has 0 aromatic rings. The van der Waals surface area contributed by atoms with Crippen LogP contribution in [0.25, 0.3) is 0 Å². The highest BCUT2D eigenvalue weighted by atomic mass is 31.1. The normalized spacial score (nSPS) is 7.75. The molecule has 0 aliphatic heterocycles. The maximum absolute atomic E-state index is 8.74. The molecule has 50 valence electrons. The van der Waals surface area contributed by atoms with Crippen LogP contribution in [0.2, 0.25) is 0 Å². The number of hydrogen-bond donors (Lipinski definition) is 5. The van der Waals surface area contributed by atoms with Crippen LogP contribution in [0.3, 0.4) is 0 Å². The van der Waals surface area contributed by atoms with Gasteiger partial charge in [-0.05, 0) is 0 Å². The molecular formula is H6BO6P. The highest BCUT2D eigenvalue weighted by molar-refractivity contribution is 7.30. The Labute approximate surface area is 46.2 Å². The third kappa shape index (κ3) is 17600. The highest BCUT2D eigenvalue weighted by Gasteiger charge is 1.92. The van der Waals surface area contributed by atoms with Gasteiger partial charge >= 0.3 is 15.6 Å². The molecule has 0 spiro atoms. The van der Waals surface area contributed by atoms with Gasteiger partial charge in [-0.1, -0.05) is 0 Å². The van der Waals surface area contributed by atoms with Crippen LogP contribution in [-0.2, 0) is 4.57 Å². The highest BCUT2D eigenvalue weighted by Crippen LogP contribution is 1.98. The Hall–Kier alpha value is 0.0949. The van der Waals surface area contributed by atoms with Crippen molar-refractivity contribution in [1.82, 2.24) is 0 Å². The largest absolute Gasteiger partial charge is 0.631 e. The third-order valence-electron chi connectivity index (χ3n) is 0. The van der Waals surface area contributed by atoms with Gasteiger partial charge in [-0.2, -0.15) is 0 Å². The van der Waals surface area contributed by atoms with E-state index in [0.717, 1.165) is 0 Å². The van der Waals surface area contributed by atoms with Gasteiger partial charge in [0.05, 0.1) is 0 Å². The van der Waals surface area contributed by atoms with E-state index in [1.165, 1.54) is 0 Å². The van der Waals surface area contributed by atoms with E-state index in [1.807, 2.05) is 0 Å². The molecule has 8 heteroatoms. The minimum Gasteiger partial charge on any atom is -0.402 e. The van der Waals surface area contributed by atoms with Crippen molar-refractivity contribution in [2.24, 2.45) is 0 Å². The van der Waals surface area contributed by atoms with Crippen LogP contribution in [-0.4, -0.2) is 32.2 Å². The van der Waals surface area contributed by atoms with Crippen LogP contribution >= 0.6 is 8.25 Å². The maximum Gasteiger partial charge on any atom is 0.631 e. The number of rotatable bonds is 0. The maximum atomic E-state index is 8.74. The topological polar surface area (TPSA) is 118 Å². The Morgan fingerprint density at radius 3 is 1.12 bits per heavy atom. The summed E-state index contributed by atoms with van der Waals surface area (Å²) >= 11 is 0. The molecule has 0 aliphatic rings. The van der Waals surface area contributed by atoms with Gasteiger partial charge in [-0.15, -0.1) is 0 Å². The lowest BCUT2D eigenvalue weighted by molar-refractivity contribution is 0.278. The SMILES string of the molecule is O=[PH](O)O.OB(O)O. The first kappa shape index (κ1) is 11.0. The van der Waals surface area contributed by atoms with Crippen LogP contribution in [0.15, 0.2) is 0 Å². The van der Waals surface area contributed by atoms with Gasteiger partial charge in [0.2, 0.25) is 0 Å². The minimum atomic E-state index is -3.13. The Morgan fingerprint density at radius 2 is 1.12 bits per heavy atom. The first-order chi connectivity index (χ1) is 3.46. The Bertz CT molecular complexity index is 52.8. The van der Waals surface area contributed by atoms with Gasteiger partial charge in [0, 0.05) is 0 Å². The zero-order valence-electron chi connectivity index (χ0n) is 3.72. The minimum absolute atomic E-state index is 2.17. The molecule has 0 atom stereocenters. The molecule has 0 fully saturated rings. The van der Waals surface area contributed by atoms with E-state index in [0.29, 0.717) is 0 Å². The van der Waals surface area contributed by atoms with Crippen molar-refractivity contribution in [2.75, 3.05) is 0 Å². The summed E-state index contributed by atoms with van der Waals surface area (Å²) in [5.74, 6) is 0. The number of hydrogen-bond acceptors (Lipinski definition) is 4. The Kier molecular flexibility index (Phi) is 9.73. The van der Waals surface area contributed by atoms with E-state index in [1.54, 1.807) is 0 Å². The lowest BCUT2D eigenvalue weighted by atomic mass is 10.3. The van der Waals surface area contributed by atoms with E-state index in [4.69, 9.17) is 29.4 Å². The van der Waals surface area contributed by atoms with Gasteiger partial charge < -0.3 is 24.9 Å². The third-order valence-corrected chi connectivity index (χ3v) is 0. The molecule has 0 aromatic heterocycles. The monoisotopic (exact) mass is 144 g/mol. The molecule has 0 aromatic carbocycles. The van der Waals surface area contributed by atoms with Crippen LogP contribution < -0.4 is 0 Å². The van der Waals surface area contributed by atoms with E-state index in [2.05, 4.69) is 0 Å². The van der Waals surface area contributed by atoms with Gasteiger partial charge in [0.15, 0.2) is 0 Å². The van der Waals surface area contributed by atoms with Crippen molar-refractivity contribution in [2.45, 2.75) is 0 Å². The molecule has 0 saturated carbocycles. The summed E-state index contributed by atoms with van der Waals surface area (Å²) in [5, 5.41) is 21.5. The average molecular weight is 144 g/mol. The van der Waals surface area contributed by atoms with E-state index in [9.17, 15) is 0 Å². The first-order valence-electron chi connectivity index (χ1n) is 1.43. The average Bonchev–Trinajstić information content (AvgIpc) is 1.25. The molecular weight excluding hydrogens is 138 g/mol. The molecule has 0 rings (SSSR count). The molecule has 0 radical (unpaired) electrons. The fourth-order valence-electron chi connectivity index (χ4n) is 0. The Balaban J connectivity index is 0. The summed E-state index contributed by atoms with van der Waals surface area (Å²) in [6.45, 7) is 0. The molecule has 0 saturated heterocycles. The second kappa shape index (κ2) is 7.09. The van der Waals surface area contributed by atoms with E-state index in [-0.39, 0.29) is 0 Å². The van der Waals surface area contributed by atoms with Crippen LogP contribution in [0.5, 0.6) is 0 Å². The molecule has 5 N–H and O–H groups in total. The molecule has 0 aliphatic carbocycles. The van der Waals surface area contributed by atoms with Crippen molar-refractivity contribution in [3.63, 3.8) is 0 Å². The molecule has 0 unspecified atom stereocenters. The summed E-state index contributed by atoms with van der Waals surface area (Å²) in [6, 6.07) is 0. The van der Waals surface area contributed by atoms with Crippen molar-refractivity contribution >= 4 is 15.6 Å². The quantitative estimate of drug-likeness (QED) is 0.186. The first-order valence-corrected chi connectivity index (χ1v) is 2.73. The van der Waals surface area contributed by atoms with E-state index >= 15 is 0 Å². The van der Waals surface area contributed by atoms with E-state index < -0.39 is 15.6 Å². The molecule has 0 bridgehead atoms. The standard InChI is InChI=1S/BH3O3.H3O3P/c2-1(3)4;1-4(2)3/h2-4H;4H,(H2,1,2,3). The van der Waals surface area contributed by atoms with Crippen LogP contribution in [0.4, 0.5) is 0 Å². The zero-order chi connectivity index (χ0) is 7.15. The van der Waals surface area contributed by atoms with Gasteiger partial charge in [-0.25, -0.2) is 0 Å². The predicted octanol–water partition coefficient (Wildman–Crippen LogP) is -2.69. The summed E-state index contributed by atoms with van der Waals surface area (Å²) in [5.41, 5.74) is 0. The van der Waals surface area contributed by atoms with Crippen molar-refractivity contribution < 1.29 is 29.4 Å². The molecule has 6 nitrogen and oxygen atoms in total. The summed E-state index contributed by atoms with van der Waals surface area (Å²) in [4.78, 5) is 14.3. The lowest BCUT2D eigenvalue weighted by Gasteiger charge is -1.69. The van der Waals surface area contributed by atoms with Crippen molar-refractivity contribution in [1.29, 1.82) is 0 Å². The van der Waals surface area contributed by atoms with Crippen LogP contribution in [0.1, 0.15) is 0 Å². The molecule has 0 heterocycles. The van der Waals surface area contributed by atoms with Gasteiger partial charge in [-0.3, -0.25) is 4.57 Å². The summed E-state index contributed by atoms with van der Waals surface area (Å²) < 4.78 is 8.74. The lowest BCUT2D eigenvalue weighted by Crippen LogP contribution is -2.07. The second-order valence-corrected chi connectivity index (χ2v) is 1.19. The van der Waals surface area contributed by atoms with Crippen LogP contribution in [0, 0.1) is 0 Å². The zero-order valence-corrected chi connectivity index (χ0v) is 4.72. The molecule has 0 amide bonds. The fraction of sp³-hybridized carbons (Fsp3) is 0. The molecule has 8 heavy (non-hydrogen) atoms. The fourth-order valence-corrected chi connectivity index (χ4v) is 0.